The van der Waals surface area contributed by atoms with Gasteiger partial charge in [-0.05, 0) is 25.3 Å². The molecule has 1 rings (SSSR count). The Morgan fingerprint density at radius 2 is 2.40 bits per heavy atom. The molecule has 1 aromatic heterocycles. The van der Waals surface area contributed by atoms with E-state index >= 15 is 0 Å². The van der Waals surface area contributed by atoms with Gasteiger partial charge in [0.1, 0.15) is 0 Å². The molecule has 0 saturated heterocycles. The molecule has 0 aliphatic carbocycles. The van der Waals surface area contributed by atoms with E-state index < -0.39 is 0 Å². The van der Waals surface area contributed by atoms with E-state index in [0.29, 0.717) is 6.04 Å². The minimum Gasteiger partial charge on any atom is -0.472 e. The fourth-order valence-corrected chi connectivity index (χ4v) is 1.67. The Morgan fingerprint density at radius 1 is 1.53 bits per heavy atom. The first-order valence-corrected chi connectivity index (χ1v) is 5.72. The average molecular weight is 207 g/mol. The van der Waals surface area contributed by atoms with Crippen LogP contribution in [0.5, 0.6) is 0 Å². The van der Waals surface area contributed by atoms with Crippen molar-refractivity contribution in [2.24, 2.45) is 0 Å². The summed E-state index contributed by atoms with van der Waals surface area (Å²) in [7, 11) is 0. The second-order valence-corrected chi connectivity index (χ2v) is 3.86. The lowest BCUT2D eigenvalue weighted by atomic mass is 10.1. The van der Waals surface area contributed by atoms with Gasteiger partial charge in [-0.2, -0.15) is 0 Å². The molecule has 0 amide bonds. The highest BCUT2D eigenvalue weighted by Gasteiger charge is 2.06. The molecule has 1 heterocycles. The van der Waals surface area contributed by atoms with Crippen LogP contribution in [0, 0.1) is 0 Å². The molecule has 0 bridgehead atoms. The number of nitrogens with one attached hydrogen (secondary N) is 1. The van der Waals surface area contributed by atoms with Crippen LogP contribution in [0.4, 0.5) is 0 Å². The van der Waals surface area contributed by atoms with Crippen molar-refractivity contribution in [1.82, 2.24) is 5.32 Å². The number of hydrogen-bond acceptors (Lipinski definition) is 2. The average Bonchev–Trinajstić information content (AvgIpc) is 2.75. The van der Waals surface area contributed by atoms with E-state index in [0.717, 1.165) is 13.0 Å². The van der Waals surface area contributed by atoms with E-state index in [1.54, 1.807) is 12.5 Å². The third-order valence-corrected chi connectivity index (χ3v) is 2.53. The van der Waals surface area contributed by atoms with Gasteiger partial charge in [0.2, 0.25) is 0 Å². The van der Waals surface area contributed by atoms with Gasteiger partial charge in [0, 0.05) is 18.2 Å². The van der Waals surface area contributed by atoms with Crippen molar-refractivity contribution in [1.29, 1.82) is 0 Å². The van der Waals surface area contributed by atoms with Crippen LogP contribution in [-0.2, 0) is 6.54 Å². The summed E-state index contributed by atoms with van der Waals surface area (Å²) in [6, 6.07) is 2.60. The molecule has 1 aromatic rings. The van der Waals surface area contributed by atoms with E-state index in [1.807, 2.05) is 12.1 Å². The van der Waals surface area contributed by atoms with Crippen molar-refractivity contribution < 1.29 is 4.42 Å². The van der Waals surface area contributed by atoms with Crippen molar-refractivity contribution in [3.05, 3.63) is 36.8 Å². The van der Waals surface area contributed by atoms with Gasteiger partial charge in [-0.1, -0.05) is 19.4 Å². The minimum atomic E-state index is 0.600. The highest BCUT2D eigenvalue weighted by atomic mass is 16.3. The minimum absolute atomic E-state index is 0.600. The lowest BCUT2D eigenvalue weighted by Crippen LogP contribution is -2.28. The molecule has 2 heteroatoms. The fraction of sp³-hybridized carbons (Fsp3) is 0.538. The van der Waals surface area contributed by atoms with E-state index in [4.69, 9.17) is 4.42 Å². The Bertz CT molecular complexity index is 254. The molecular formula is C13H21NO. The normalized spacial score (nSPS) is 12.6. The lowest BCUT2D eigenvalue weighted by Gasteiger charge is -2.16. The number of rotatable bonds is 8. The molecule has 1 unspecified atom stereocenters. The summed E-state index contributed by atoms with van der Waals surface area (Å²) < 4.78 is 5.03. The lowest BCUT2D eigenvalue weighted by molar-refractivity contribution is 0.448. The van der Waals surface area contributed by atoms with E-state index in [-0.39, 0.29) is 0 Å². The summed E-state index contributed by atoms with van der Waals surface area (Å²) in [5.74, 6) is 0. The molecule has 0 aromatic carbocycles. The van der Waals surface area contributed by atoms with E-state index in [2.05, 4.69) is 18.8 Å². The second kappa shape index (κ2) is 7.30. The zero-order valence-electron chi connectivity index (χ0n) is 9.54. The topological polar surface area (TPSA) is 25.2 Å². The highest BCUT2D eigenvalue weighted by molar-refractivity contribution is 5.04. The van der Waals surface area contributed by atoms with Gasteiger partial charge >= 0.3 is 0 Å². The maximum atomic E-state index is 5.03. The van der Waals surface area contributed by atoms with Gasteiger partial charge in [0.15, 0.2) is 0 Å². The zero-order valence-corrected chi connectivity index (χ0v) is 9.54. The van der Waals surface area contributed by atoms with Crippen molar-refractivity contribution in [3.63, 3.8) is 0 Å². The maximum Gasteiger partial charge on any atom is 0.0947 e. The molecule has 0 radical (unpaired) electrons. The Kier molecular flexibility index (Phi) is 5.86. The predicted octanol–water partition coefficient (Wildman–Crippen LogP) is 3.50. The summed E-state index contributed by atoms with van der Waals surface area (Å²) in [5.41, 5.74) is 1.22. The molecule has 0 spiro atoms. The zero-order chi connectivity index (χ0) is 10.9. The summed E-state index contributed by atoms with van der Waals surface area (Å²) in [6.07, 6.45) is 10.2. The highest BCUT2D eigenvalue weighted by Crippen LogP contribution is 2.07. The molecule has 2 nitrogen and oxygen atoms in total. The van der Waals surface area contributed by atoms with Crippen LogP contribution in [0.15, 0.2) is 35.7 Å². The van der Waals surface area contributed by atoms with Gasteiger partial charge in [-0.15, -0.1) is 6.58 Å². The van der Waals surface area contributed by atoms with Crippen molar-refractivity contribution in [3.8, 4) is 0 Å². The third kappa shape index (κ3) is 4.84. The number of furan rings is 1. The smallest absolute Gasteiger partial charge is 0.0947 e. The summed E-state index contributed by atoms with van der Waals surface area (Å²) in [4.78, 5) is 0. The van der Waals surface area contributed by atoms with Crippen LogP contribution in [0.25, 0.3) is 0 Å². The van der Waals surface area contributed by atoms with Crippen LogP contribution < -0.4 is 5.32 Å². The SMILES string of the molecule is C=CCCC(CCC)NCc1ccoc1. The standard InChI is InChI=1S/C13H21NO/c1-3-5-7-13(6-4-2)14-10-12-8-9-15-11-12/h3,8-9,11,13-14H,1,4-7,10H2,2H3. The van der Waals surface area contributed by atoms with Gasteiger partial charge in [-0.3, -0.25) is 0 Å². The van der Waals surface area contributed by atoms with Crippen LogP contribution in [0.2, 0.25) is 0 Å². The quantitative estimate of drug-likeness (QED) is 0.660. The third-order valence-electron chi connectivity index (χ3n) is 2.53. The fourth-order valence-electron chi connectivity index (χ4n) is 1.67. The molecule has 1 N–H and O–H groups in total. The molecule has 1 atom stereocenters. The molecule has 15 heavy (non-hydrogen) atoms. The monoisotopic (exact) mass is 207 g/mol. The molecule has 0 fully saturated rings. The first kappa shape index (κ1) is 12.1. The summed E-state index contributed by atoms with van der Waals surface area (Å²) in [6.45, 7) is 6.88. The Balaban J connectivity index is 2.27. The Morgan fingerprint density at radius 3 is 3.00 bits per heavy atom. The Hall–Kier alpha value is -1.02. The van der Waals surface area contributed by atoms with Crippen molar-refractivity contribution in [2.75, 3.05) is 0 Å². The van der Waals surface area contributed by atoms with Gasteiger partial charge < -0.3 is 9.73 Å². The molecule has 0 aliphatic rings. The number of hydrogen-bond donors (Lipinski definition) is 1. The van der Waals surface area contributed by atoms with Crippen molar-refractivity contribution in [2.45, 2.75) is 45.2 Å². The molecule has 0 aliphatic heterocycles. The summed E-state index contributed by atoms with van der Waals surface area (Å²) >= 11 is 0. The van der Waals surface area contributed by atoms with Crippen molar-refractivity contribution >= 4 is 0 Å². The number of allylic oxidation sites excluding steroid dienone is 1. The van der Waals surface area contributed by atoms with E-state index in [9.17, 15) is 0 Å². The van der Waals surface area contributed by atoms with E-state index in [1.165, 1.54) is 24.8 Å². The van der Waals surface area contributed by atoms with Gasteiger partial charge in [-0.25, -0.2) is 0 Å². The molecule has 84 valence electrons. The first-order chi connectivity index (χ1) is 7.36. The molecular weight excluding hydrogens is 186 g/mol. The summed E-state index contributed by atoms with van der Waals surface area (Å²) in [5, 5.41) is 3.55. The maximum absolute atomic E-state index is 5.03. The second-order valence-electron chi connectivity index (χ2n) is 3.86. The predicted molar refractivity (Wildman–Crippen MR) is 63.7 cm³/mol. The van der Waals surface area contributed by atoms with Gasteiger partial charge in [0.05, 0.1) is 12.5 Å². The van der Waals surface area contributed by atoms with Crippen LogP contribution in [-0.4, -0.2) is 6.04 Å². The molecule has 0 saturated carbocycles. The van der Waals surface area contributed by atoms with Crippen LogP contribution >= 0.6 is 0 Å². The van der Waals surface area contributed by atoms with Gasteiger partial charge in [0.25, 0.3) is 0 Å². The first-order valence-electron chi connectivity index (χ1n) is 5.72. The Labute approximate surface area is 92.4 Å². The van der Waals surface area contributed by atoms with Crippen LogP contribution in [0.1, 0.15) is 38.2 Å². The largest absolute Gasteiger partial charge is 0.472 e. The van der Waals surface area contributed by atoms with Crippen LogP contribution in [0.3, 0.4) is 0 Å².